The first-order chi connectivity index (χ1) is 21.9. The normalized spacial score (nSPS) is 11.3. The van der Waals surface area contributed by atoms with E-state index in [-0.39, 0.29) is 17.6 Å². The van der Waals surface area contributed by atoms with Gasteiger partial charge < -0.3 is 14.9 Å². The molecular weight excluding hydrogens is 569 g/mol. The number of fused-ring (bicyclic) bond motifs is 2. The number of nitrogens with one attached hydrogen (secondary N) is 2. The summed E-state index contributed by atoms with van der Waals surface area (Å²) in [7, 11) is 0. The van der Waals surface area contributed by atoms with Gasteiger partial charge in [-0.15, -0.1) is 0 Å². The predicted molar refractivity (Wildman–Crippen MR) is 170 cm³/mol. The van der Waals surface area contributed by atoms with E-state index in [1.54, 1.807) is 43.2 Å². The molecule has 0 bridgehead atoms. The van der Waals surface area contributed by atoms with Gasteiger partial charge in [-0.25, -0.2) is 19.2 Å². The summed E-state index contributed by atoms with van der Waals surface area (Å²) in [4.78, 5) is 43.2. The first-order valence-electron chi connectivity index (χ1n) is 14.5. The molecule has 0 unspecified atom stereocenters. The van der Waals surface area contributed by atoms with Gasteiger partial charge >= 0.3 is 6.03 Å². The number of ketones is 1. The van der Waals surface area contributed by atoms with Crippen molar-refractivity contribution < 1.29 is 14.0 Å². The van der Waals surface area contributed by atoms with Gasteiger partial charge in [0.1, 0.15) is 17.2 Å². The number of hydrogen-bond donors (Lipinski definition) is 2. The fourth-order valence-electron chi connectivity index (χ4n) is 5.61. The molecule has 0 aliphatic carbocycles. The lowest BCUT2D eigenvalue weighted by Gasteiger charge is -2.08. The molecule has 222 valence electrons. The van der Waals surface area contributed by atoms with Gasteiger partial charge in [0.2, 0.25) is 0 Å². The van der Waals surface area contributed by atoms with Crippen molar-refractivity contribution in [3.05, 3.63) is 138 Å². The van der Waals surface area contributed by atoms with Crippen LogP contribution in [0.4, 0.5) is 9.18 Å². The summed E-state index contributed by atoms with van der Waals surface area (Å²) in [5.41, 5.74) is 6.78. The van der Waals surface area contributed by atoms with Crippen molar-refractivity contribution in [1.82, 2.24) is 34.4 Å². The summed E-state index contributed by atoms with van der Waals surface area (Å²) in [6.45, 7) is 2.93. The lowest BCUT2D eigenvalue weighted by Crippen LogP contribution is -2.29. The van der Waals surface area contributed by atoms with E-state index in [0.717, 1.165) is 39.2 Å². The maximum atomic E-state index is 13.9. The summed E-state index contributed by atoms with van der Waals surface area (Å²) in [6, 6.07) is 20.8. The molecule has 0 radical (unpaired) electrons. The summed E-state index contributed by atoms with van der Waals surface area (Å²) < 4.78 is 17.2. The van der Waals surface area contributed by atoms with Gasteiger partial charge in [-0.1, -0.05) is 48.5 Å². The van der Waals surface area contributed by atoms with Gasteiger partial charge in [-0.05, 0) is 47.9 Å². The highest BCUT2D eigenvalue weighted by Gasteiger charge is 2.21. The van der Waals surface area contributed by atoms with Crippen LogP contribution in [0, 0.1) is 12.7 Å². The Morgan fingerprint density at radius 1 is 0.956 bits per heavy atom. The Morgan fingerprint density at radius 3 is 2.53 bits per heavy atom. The Bertz CT molecular complexity index is 2160. The number of amides is 1. The van der Waals surface area contributed by atoms with Crippen LogP contribution in [0.2, 0.25) is 0 Å². The van der Waals surface area contributed by atoms with Crippen LogP contribution >= 0.6 is 0 Å². The first-order valence-corrected chi connectivity index (χ1v) is 14.5. The molecule has 4 aromatic heterocycles. The van der Waals surface area contributed by atoms with Crippen molar-refractivity contribution >= 4 is 33.8 Å². The third kappa shape index (κ3) is 5.49. The summed E-state index contributed by atoms with van der Waals surface area (Å²) in [5, 5.41) is 3.58. The molecule has 0 fully saturated rings. The number of carbonyl (C=O) groups excluding carboxylic acids is 2. The largest absolute Gasteiger partial charge is 0.351 e. The zero-order chi connectivity index (χ0) is 30.9. The maximum Gasteiger partial charge on any atom is 0.326 e. The van der Waals surface area contributed by atoms with E-state index >= 15 is 0 Å². The highest BCUT2D eigenvalue weighted by atomic mass is 19.1. The van der Waals surface area contributed by atoms with Crippen molar-refractivity contribution in [1.29, 1.82) is 0 Å². The zero-order valence-electron chi connectivity index (χ0n) is 24.4. The Balaban J connectivity index is 1.19. The maximum absolute atomic E-state index is 13.9. The Kier molecular flexibility index (Phi) is 7.22. The smallest absolute Gasteiger partial charge is 0.326 e. The molecule has 2 N–H and O–H groups in total. The standard InChI is InChI=1S/C35H28FN7O2/c1-22-41-31-18-37-14-13-32(31)42(22)19-23-2-4-25(5-3-23)34(44)30-20-43(35(45)39-15-12-28-17-38-21-40-28)33-16-26(8-11-29(30)33)24-6-9-27(36)10-7-24/h2-11,13-14,16-18,20-21H,12,15,19H2,1H3,(H,38,40)(H,39,45). The number of pyridine rings is 1. The van der Waals surface area contributed by atoms with E-state index in [1.807, 2.05) is 55.5 Å². The predicted octanol–water partition coefficient (Wildman–Crippen LogP) is 6.30. The highest BCUT2D eigenvalue weighted by Crippen LogP contribution is 2.30. The molecular formula is C35H28FN7O2. The van der Waals surface area contributed by atoms with Gasteiger partial charge in [0.25, 0.3) is 0 Å². The minimum Gasteiger partial charge on any atom is -0.351 e. The van der Waals surface area contributed by atoms with Gasteiger partial charge in [0.15, 0.2) is 5.78 Å². The topological polar surface area (TPSA) is 110 Å². The second-order valence-corrected chi connectivity index (χ2v) is 10.8. The van der Waals surface area contributed by atoms with Crippen LogP contribution in [-0.4, -0.2) is 47.4 Å². The third-order valence-electron chi connectivity index (χ3n) is 7.96. The van der Waals surface area contributed by atoms with Gasteiger partial charge in [-0.3, -0.25) is 14.3 Å². The lowest BCUT2D eigenvalue weighted by molar-refractivity contribution is 0.104. The first kappa shape index (κ1) is 27.9. The van der Waals surface area contributed by atoms with Crippen LogP contribution in [0.5, 0.6) is 0 Å². The van der Waals surface area contributed by atoms with E-state index < -0.39 is 0 Å². The zero-order valence-corrected chi connectivity index (χ0v) is 24.4. The lowest BCUT2D eigenvalue weighted by atomic mass is 9.99. The van der Waals surface area contributed by atoms with E-state index in [1.165, 1.54) is 16.7 Å². The fourth-order valence-corrected chi connectivity index (χ4v) is 5.61. The molecule has 0 spiro atoms. The monoisotopic (exact) mass is 597 g/mol. The average molecular weight is 598 g/mol. The molecule has 10 heteroatoms. The third-order valence-corrected chi connectivity index (χ3v) is 7.96. The van der Waals surface area contributed by atoms with Crippen molar-refractivity contribution in [2.75, 3.05) is 6.54 Å². The number of aromatic amines is 1. The SMILES string of the molecule is Cc1nc2cnccc2n1Cc1ccc(C(=O)c2cn(C(=O)NCCc3c[nH]cn3)c3cc(-c4ccc(F)cc4)ccc23)cc1. The second-order valence-electron chi connectivity index (χ2n) is 10.8. The number of aryl methyl sites for hydroxylation is 1. The summed E-state index contributed by atoms with van der Waals surface area (Å²) in [6.07, 6.45) is 9.02. The Morgan fingerprint density at radius 2 is 1.76 bits per heavy atom. The number of imidazole rings is 2. The number of H-pyrrole nitrogens is 1. The molecule has 0 atom stereocenters. The molecule has 0 saturated heterocycles. The Labute approximate surface area is 257 Å². The fraction of sp³-hybridized carbons (Fsp3) is 0.114. The van der Waals surface area contributed by atoms with Crippen LogP contribution in [0.1, 0.15) is 33.0 Å². The molecule has 3 aromatic carbocycles. The Hall–Kier alpha value is -5.90. The van der Waals surface area contributed by atoms with Crippen LogP contribution in [0.15, 0.2) is 104 Å². The van der Waals surface area contributed by atoms with E-state index in [9.17, 15) is 14.0 Å². The summed E-state index contributed by atoms with van der Waals surface area (Å²) >= 11 is 0. The number of rotatable bonds is 8. The second kappa shape index (κ2) is 11.6. The molecule has 4 heterocycles. The quantitative estimate of drug-likeness (QED) is 0.200. The van der Waals surface area contributed by atoms with Crippen molar-refractivity contribution in [3.63, 3.8) is 0 Å². The van der Waals surface area contributed by atoms with Crippen molar-refractivity contribution in [3.8, 4) is 11.1 Å². The highest BCUT2D eigenvalue weighted by molar-refractivity contribution is 6.17. The average Bonchev–Trinajstić information content (AvgIpc) is 3.79. The molecule has 1 amide bonds. The van der Waals surface area contributed by atoms with E-state index in [0.29, 0.717) is 41.5 Å². The molecule has 0 aliphatic rings. The number of nitrogens with zero attached hydrogens (tertiary/aromatic N) is 5. The van der Waals surface area contributed by atoms with Gasteiger partial charge in [0, 0.05) is 54.6 Å². The number of halogens is 1. The summed E-state index contributed by atoms with van der Waals surface area (Å²) in [5.74, 6) is 0.359. The van der Waals surface area contributed by atoms with Crippen LogP contribution in [-0.2, 0) is 13.0 Å². The van der Waals surface area contributed by atoms with Gasteiger partial charge in [-0.2, -0.15) is 0 Å². The van der Waals surface area contributed by atoms with E-state index in [4.69, 9.17) is 0 Å². The van der Waals surface area contributed by atoms with E-state index in [2.05, 4.69) is 29.8 Å². The van der Waals surface area contributed by atoms with Crippen LogP contribution < -0.4 is 5.32 Å². The van der Waals surface area contributed by atoms with Crippen LogP contribution in [0.3, 0.4) is 0 Å². The number of benzene rings is 3. The molecule has 7 aromatic rings. The molecule has 7 rings (SSSR count). The number of aromatic nitrogens is 6. The van der Waals surface area contributed by atoms with Crippen LogP contribution in [0.25, 0.3) is 33.1 Å². The molecule has 9 nitrogen and oxygen atoms in total. The minimum atomic E-state index is -0.362. The number of hydrogen-bond acceptors (Lipinski definition) is 5. The van der Waals surface area contributed by atoms with Gasteiger partial charge in [0.05, 0.1) is 29.3 Å². The molecule has 0 aliphatic heterocycles. The molecule has 0 saturated carbocycles. The number of carbonyl (C=O) groups is 2. The van der Waals surface area contributed by atoms with Crippen molar-refractivity contribution in [2.24, 2.45) is 0 Å². The molecule has 45 heavy (non-hydrogen) atoms. The van der Waals surface area contributed by atoms with Crippen molar-refractivity contribution in [2.45, 2.75) is 19.9 Å². The minimum absolute atomic E-state index is 0.195.